The summed E-state index contributed by atoms with van der Waals surface area (Å²) in [5.41, 5.74) is 1.40. The van der Waals surface area contributed by atoms with Gasteiger partial charge in [0.2, 0.25) is 5.91 Å². The average molecular weight is 522 g/mol. The summed E-state index contributed by atoms with van der Waals surface area (Å²) in [7, 11) is 1.52. The van der Waals surface area contributed by atoms with E-state index in [1.165, 1.54) is 19.2 Å². The molecule has 6 amide bonds. The number of carbonyl (C=O) groups excluding carboxylic acids is 4. The molecule has 4 aliphatic rings. The Labute approximate surface area is 218 Å². The summed E-state index contributed by atoms with van der Waals surface area (Å²) in [6, 6.07) is 8.26. The van der Waals surface area contributed by atoms with Crippen LogP contribution in [0.4, 0.5) is 19.7 Å². The molecule has 2 heterocycles. The molecule has 1 saturated heterocycles. The lowest BCUT2D eigenvalue weighted by Crippen LogP contribution is -2.49. The van der Waals surface area contributed by atoms with Gasteiger partial charge in [0.15, 0.2) is 0 Å². The van der Waals surface area contributed by atoms with Gasteiger partial charge < -0.3 is 25.6 Å². The second-order valence-corrected chi connectivity index (χ2v) is 10.3. The number of carbonyl (C=O) groups is 4. The summed E-state index contributed by atoms with van der Waals surface area (Å²) in [6.07, 6.45) is 2.81. The first-order chi connectivity index (χ1) is 18.3. The molecule has 11 heteroatoms. The monoisotopic (exact) mass is 521 g/mol. The third-order valence-corrected chi connectivity index (χ3v) is 7.95. The lowest BCUT2D eigenvalue weighted by Gasteiger charge is -2.30. The van der Waals surface area contributed by atoms with Crippen LogP contribution in [0, 0.1) is 11.7 Å². The Morgan fingerprint density at radius 2 is 1.97 bits per heavy atom. The van der Waals surface area contributed by atoms with Gasteiger partial charge in [-0.05, 0) is 73.1 Å². The van der Waals surface area contributed by atoms with Crippen molar-refractivity contribution in [3.8, 4) is 5.75 Å². The van der Waals surface area contributed by atoms with Gasteiger partial charge >= 0.3 is 12.1 Å². The van der Waals surface area contributed by atoms with Crippen LogP contribution < -0.4 is 20.7 Å². The number of amides is 6. The van der Waals surface area contributed by atoms with Crippen LogP contribution in [0.25, 0.3) is 0 Å². The van der Waals surface area contributed by atoms with E-state index >= 15 is 0 Å². The van der Waals surface area contributed by atoms with Crippen molar-refractivity contribution in [3.05, 3.63) is 58.9 Å². The number of benzene rings is 2. The van der Waals surface area contributed by atoms with Crippen LogP contribution in [0.15, 0.2) is 36.4 Å². The van der Waals surface area contributed by atoms with E-state index in [0.717, 1.165) is 23.3 Å². The first kappa shape index (κ1) is 24.2. The SMILES string of the molecule is CNC(=O)Nc1ccc2c(c1)CC[C@]21NC(=O)N(CC(=O)N2Cc3cc(F)ccc3OC[C@H]2C2CC2)C1=O. The van der Waals surface area contributed by atoms with Crippen molar-refractivity contribution in [2.75, 3.05) is 25.5 Å². The predicted molar refractivity (Wildman–Crippen MR) is 134 cm³/mol. The minimum Gasteiger partial charge on any atom is -0.491 e. The van der Waals surface area contributed by atoms with Crippen molar-refractivity contribution in [3.63, 3.8) is 0 Å². The van der Waals surface area contributed by atoms with Gasteiger partial charge in [-0.2, -0.15) is 0 Å². The van der Waals surface area contributed by atoms with Crippen LogP contribution in [-0.4, -0.2) is 59.9 Å². The number of hydrogen-bond acceptors (Lipinski definition) is 5. The van der Waals surface area contributed by atoms with Gasteiger partial charge in [-0.15, -0.1) is 0 Å². The fraction of sp³-hybridized carbons (Fsp3) is 0.407. The van der Waals surface area contributed by atoms with E-state index < -0.39 is 29.8 Å². The molecule has 3 N–H and O–H groups in total. The number of urea groups is 2. The normalized spacial score (nSPS) is 23.9. The fourth-order valence-corrected chi connectivity index (χ4v) is 5.82. The number of hydrogen-bond donors (Lipinski definition) is 3. The lowest BCUT2D eigenvalue weighted by molar-refractivity contribution is -0.141. The lowest BCUT2D eigenvalue weighted by atomic mass is 9.91. The molecule has 2 atom stereocenters. The molecule has 6 rings (SSSR count). The van der Waals surface area contributed by atoms with Gasteiger partial charge in [-0.25, -0.2) is 14.0 Å². The van der Waals surface area contributed by atoms with Crippen LogP contribution in [0.5, 0.6) is 5.75 Å². The van der Waals surface area contributed by atoms with Crippen molar-refractivity contribution in [1.29, 1.82) is 0 Å². The highest BCUT2D eigenvalue weighted by Gasteiger charge is 2.56. The summed E-state index contributed by atoms with van der Waals surface area (Å²) in [4.78, 5) is 54.6. The number of aryl methyl sites for hydroxylation is 1. The summed E-state index contributed by atoms with van der Waals surface area (Å²) < 4.78 is 19.9. The van der Waals surface area contributed by atoms with Crippen molar-refractivity contribution in [2.24, 2.45) is 5.92 Å². The highest BCUT2D eigenvalue weighted by Crippen LogP contribution is 2.43. The molecule has 2 aliphatic carbocycles. The van der Waals surface area contributed by atoms with Crippen molar-refractivity contribution >= 4 is 29.6 Å². The van der Waals surface area contributed by atoms with Crippen molar-refractivity contribution < 1.29 is 28.3 Å². The first-order valence-electron chi connectivity index (χ1n) is 12.8. The molecule has 0 aromatic heterocycles. The maximum atomic E-state index is 14.0. The highest BCUT2D eigenvalue weighted by molar-refractivity contribution is 6.10. The summed E-state index contributed by atoms with van der Waals surface area (Å²) >= 11 is 0. The minimum atomic E-state index is -1.24. The third-order valence-electron chi connectivity index (χ3n) is 7.95. The number of nitrogens with zero attached hydrogens (tertiary/aromatic N) is 2. The number of fused-ring (bicyclic) bond motifs is 3. The van der Waals surface area contributed by atoms with E-state index in [9.17, 15) is 23.6 Å². The largest absolute Gasteiger partial charge is 0.491 e. The second kappa shape index (κ2) is 9.00. The quantitative estimate of drug-likeness (QED) is 0.534. The average Bonchev–Trinajstić information content (AvgIpc) is 3.66. The molecule has 0 radical (unpaired) electrons. The third kappa shape index (κ3) is 4.02. The molecule has 1 spiro atoms. The minimum absolute atomic E-state index is 0.145. The Kier molecular flexibility index (Phi) is 5.73. The Hall–Kier alpha value is -4.15. The van der Waals surface area contributed by atoms with Crippen molar-refractivity contribution in [1.82, 2.24) is 20.4 Å². The van der Waals surface area contributed by atoms with Gasteiger partial charge in [0, 0.05) is 24.8 Å². The zero-order chi connectivity index (χ0) is 26.6. The smallest absolute Gasteiger partial charge is 0.325 e. The number of halogens is 1. The molecule has 1 saturated carbocycles. The van der Waals surface area contributed by atoms with Gasteiger partial charge in [0.05, 0.1) is 6.04 Å². The summed E-state index contributed by atoms with van der Waals surface area (Å²) in [6.45, 7) is 0.0106. The van der Waals surface area contributed by atoms with Crippen LogP contribution in [0.3, 0.4) is 0 Å². The maximum Gasteiger partial charge on any atom is 0.325 e. The van der Waals surface area contributed by atoms with E-state index in [-0.39, 0.29) is 37.0 Å². The predicted octanol–water partition coefficient (Wildman–Crippen LogP) is 2.47. The molecule has 10 nitrogen and oxygen atoms in total. The van der Waals surface area contributed by atoms with E-state index in [2.05, 4.69) is 16.0 Å². The van der Waals surface area contributed by atoms with Gasteiger partial charge in [0.25, 0.3) is 5.91 Å². The number of anilines is 1. The molecular formula is C27H28FN5O5. The van der Waals surface area contributed by atoms with E-state index in [1.807, 2.05) is 0 Å². The maximum absolute atomic E-state index is 14.0. The van der Waals surface area contributed by atoms with Gasteiger partial charge in [0.1, 0.15) is 30.3 Å². The summed E-state index contributed by atoms with van der Waals surface area (Å²) in [5, 5.41) is 8.04. The van der Waals surface area contributed by atoms with E-state index in [0.29, 0.717) is 35.4 Å². The standard InChI is InChI=1S/C27H28FN5O5/c1-29-25(36)30-19-5-6-20-16(11-19)8-9-27(20)24(35)33(26(37)31-27)13-23(34)32-12-17-10-18(28)4-7-22(17)38-14-21(32)15-2-3-15/h4-7,10-11,15,21H,2-3,8-9,12-14H2,1H3,(H,31,37)(H2,29,30,36)/t21-,27-/m0/s1. The molecule has 0 bridgehead atoms. The Bertz CT molecular complexity index is 1360. The van der Waals surface area contributed by atoms with E-state index in [1.54, 1.807) is 29.2 Å². The van der Waals surface area contributed by atoms with Crippen LogP contribution in [-0.2, 0) is 28.1 Å². The van der Waals surface area contributed by atoms with Gasteiger partial charge in [-0.3, -0.25) is 14.5 Å². The fourth-order valence-electron chi connectivity index (χ4n) is 5.82. The van der Waals surface area contributed by atoms with Gasteiger partial charge in [-0.1, -0.05) is 6.07 Å². The number of ether oxygens (including phenoxy) is 1. The molecule has 38 heavy (non-hydrogen) atoms. The molecular weight excluding hydrogens is 493 g/mol. The second-order valence-electron chi connectivity index (χ2n) is 10.3. The number of imide groups is 1. The highest BCUT2D eigenvalue weighted by atomic mass is 19.1. The van der Waals surface area contributed by atoms with E-state index in [4.69, 9.17) is 4.74 Å². The molecule has 2 fully saturated rings. The topological polar surface area (TPSA) is 120 Å². The zero-order valence-corrected chi connectivity index (χ0v) is 20.9. The number of rotatable bonds is 4. The Balaban J connectivity index is 1.23. The van der Waals surface area contributed by atoms with Crippen LogP contribution >= 0.6 is 0 Å². The van der Waals surface area contributed by atoms with Crippen molar-refractivity contribution in [2.45, 2.75) is 43.8 Å². The molecule has 198 valence electrons. The zero-order valence-electron chi connectivity index (χ0n) is 20.9. The molecule has 2 aliphatic heterocycles. The number of nitrogens with one attached hydrogen (secondary N) is 3. The Morgan fingerprint density at radius 1 is 1.16 bits per heavy atom. The molecule has 0 unspecified atom stereocenters. The van der Waals surface area contributed by atoms with Crippen LogP contribution in [0.2, 0.25) is 0 Å². The first-order valence-corrected chi connectivity index (χ1v) is 12.8. The molecule has 2 aromatic rings. The van der Waals surface area contributed by atoms with Crippen LogP contribution in [0.1, 0.15) is 36.0 Å². The summed E-state index contributed by atoms with van der Waals surface area (Å²) in [5.74, 6) is -0.469. The molecule has 2 aromatic carbocycles. The Morgan fingerprint density at radius 3 is 2.74 bits per heavy atom.